The lowest BCUT2D eigenvalue weighted by molar-refractivity contribution is 0.497. The summed E-state index contributed by atoms with van der Waals surface area (Å²) >= 11 is 4.00. The molecule has 102 valence electrons. The summed E-state index contributed by atoms with van der Waals surface area (Å²) in [6.07, 6.45) is 1.23. The Morgan fingerprint density at radius 2 is 2.16 bits per heavy atom. The van der Waals surface area contributed by atoms with Gasteiger partial charge in [-0.15, -0.1) is 11.3 Å². The Kier molecular flexibility index (Phi) is 3.74. The molecule has 3 rings (SSSR count). The molecule has 1 atom stereocenters. The molecule has 1 unspecified atom stereocenters. The predicted molar refractivity (Wildman–Crippen MR) is 83.3 cm³/mol. The molecule has 0 aliphatic carbocycles. The fourth-order valence-electron chi connectivity index (χ4n) is 2.70. The average Bonchev–Trinajstić information content (AvgIpc) is 2.94. The first kappa shape index (κ1) is 13.3. The van der Waals surface area contributed by atoms with Gasteiger partial charge in [-0.3, -0.25) is 0 Å². The number of nitrogens with one attached hydrogen (secondary N) is 1. The van der Waals surface area contributed by atoms with Crippen molar-refractivity contribution >= 4 is 23.1 Å². The number of hydrogen-bond acceptors (Lipinski definition) is 4. The summed E-state index contributed by atoms with van der Waals surface area (Å²) in [5.41, 5.74) is 2.81. The summed E-state index contributed by atoms with van der Waals surface area (Å²) < 4.78 is 5.68. The van der Waals surface area contributed by atoms with Crippen LogP contribution in [0.1, 0.15) is 38.4 Å². The van der Waals surface area contributed by atoms with Gasteiger partial charge in [0.25, 0.3) is 0 Å². The Balaban J connectivity index is 1.98. The summed E-state index contributed by atoms with van der Waals surface area (Å²) in [7, 11) is 2.03. The first-order chi connectivity index (χ1) is 9.19. The van der Waals surface area contributed by atoms with Crippen LogP contribution in [-0.2, 0) is 12.2 Å². The van der Waals surface area contributed by atoms with Crippen LogP contribution in [0.4, 0.5) is 0 Å². The van der Waals surface area contributed by atoms with E-state index in [1.807, 2.05) is 37.1 Å². The van der Waals surface area contributed by atoms with Crippen LogP contribution in [0.3, 0.4) is 0 Å². The highest BCUT2D eigenvalue weighted by Gasteiger charge is 2.22. The number of aryl methyl sites for hydroxylation is 3. The molecule has 2 nitrogen and oxygen atoms in total. The van der Waals surface area contributed by atoms with Crippen LogP contribution in [-0.4, -0.2) is 12.8 Å². The molecule has 0 bridgehead atoms. The minimum atomic E-state index is 0.262. The zero-order valence-corrected chi connectivity index (χ0v) is 13.2. The molecule has 2 aromatic rings. The topological polar surface area (TPSA) is 25.2 Å². The molecule has 1 aliphatic heterocycles. The molecule has 1 N–H and O–H groups in total. The van der Waals surface area contributed by atoms with Crippen LogP contribution in [0.2, 0.25) is 0 Å². The zero-order chi connectivity index (χ0) is 13.4. The monoisotopic (exact) mass is 293 g/mol. The third-order valence-corrected chi connectivity index (χ3v) is 5.92. The summed E-state index contributed by atoms with van der Waals surface area (Å²) in [4.78, 5) is 2.99. The molecule has 1 aliphatic rings. The van der Waals surface area contributed by atoms with E-state index in [2.05, 4.69) is 24.4 Å². The Morgan fingerprint density at radius 1 is 1.32 bits per heavy atom. The minimum Gasteiger partial charge on any atom is -0.466 e. The molecule has 0 radical (unpaired) electrons. The lowest BCUT2D eigenvalue weighted by atomic mass is 10.1. The van der Waals surface area contributed by atoms with Crippen LogP contribution < -0.4 is 5.32 Å². The summed E-state index contributed by atoms with van der Waals surface area (Å²) in [5, 5.41) is 3.44. The second-order valence-corrected chi connectivity index (χ2v) is 7.26. The molecule has 0 amide bonds. The SMILES string of the molecule is CNC(c1cc2c(s1)CCSC2)c1cc(C)oc1C. The van der Waals surface area contributed by atoms with Crippen LogP contribution in [0.5, 0.6) is 0 Å². The quantitative estimate of drug-likeness (QED) is 0.924. The molecule has 0 spiro atoms. The Hall–Kier alpha value is -0.710. The molecule has 0 fully saturated rings. The zero-order valence-electron chi connectivity index (χ0n) is 11.6. The van der Waals surface area contributed by atoms with E-state index < -0.39 is 0 Å². The van der Waals surface area contributed by atoms with Gasteiger partial charge in [0.2, 0.25) is 0 Å². The van der Waals surface area contributed by atoms with Crippen LogP contribution >= 0.6 is 23.1 Å². The molecular formula is C15H19NOS2. The summed E-state index contributed by atoms with van der Waals surface area (Å²) in [5.74, 6) is 4.45. The highest BCUT2D eigenvalue weighted by molar-refractivity contribution is 7.98. The number of furan rings is 1. The van der Waals surface area contributed by atoms with Crippen molar-refractivity contribution in [2.24, 2.45) is 0 Å². The molecule has 4 heteroatoms. The van der Waals surface area contributed by atoms with Gasteiger partial charge in [0.05, 0.1) is 6.04 Å². The highest BCUT2D eigenvalue weighted by Crippen LogP contribution is 2.37. The third-order valence-electron chi connectivity index (χ3n) is 3.61. The Bertz CT molecular complexity index is 561. The van der Waals surface area contributed by atoms with Gasteiger partial charge in [0, 0.05) is 21.1 Å². The van der Waals surface area contributed by atoms with Crippen molar-refractivity contribution < 1.29 is 4.42 Å². The van der Waals surface area contributed by atoms with Gasteiger partial charge < -0.3 is 9.73 Å². The molecule has 19 heavy (non-hydrogen) atoms. The molecule has 0 saturated carbocycles. The number of fused-ring (bicyclic) bond motifs is 1. The van der Waals surface area contributed by atoms with Gasteiger partial charge in [0.15, 0.2) is 0 Å². The van der Waals surface area contributed by atoms with Gasteiger partial charge in [-0.1, -0.05) is 0 Å². The van der Waals surface area contributed by atoms with Crippen molar-refractivity contribution in [3.63, 3.8) is 0 Å². The van der Waals surface area contributed by atoms with E-state index >= 15 is 0 Å². The maximum Gasteiger partial charge on any atom is 0.106 e. The van der Waals surface area contributed by atoms with Gasteiger partial charge in [-0.2, -0.15) is 11.8 Å². The number of thiophene rings is 1. The normalized spacial score (nSPS) is 16.4. The molecule has 0 aromatic carbocycles. The number of hydrogen-bond donors (Lipinski definition) is 1. The molecule has 2 aromatic heterocycles. The predicted octanol–water partition coefficient (Wildman–Crippen LogP) is 4.06. The number of rotatable bonds is 3. The standard InChI is InChI=1S/C15H19NOS2/c1-9-6-12(10(2)17-9)15(16-3)14-7-11-8-18-5-4-13(11)19-14/h6-7,15-16H,4-5,8H2,1-3H3. The van der Waals surface area contributed by atoms with Crippen molar-refractivity contribution in [3.8, 4) is 0 Å². The summed E-state index contributed by atoms with van der Waals surface area (Å²) in [6, 6.07) is 4.80. The fourth-order valence-corrected chi connectivity index (χ4v) is 5.21. The van der Waals surface area contributed by atoms with Crippen LogP contribution in [0.15, 0.2) is 16.5 Å². The van der Waals surface area contributed by atoms with Crippen molar-refractivity contribution in [1.29, 1.82) is 0 Å². The van der Waals surface area contributed by atoms with E-state index in [0.29, 0.717) is 0 Å². The third kappa shape index (κ3) is 2.49. The molecule has 3 heterocycles. The van der Waals surface area contributed by atoms with E-state index in [1.165, 1.54) is 33.9 Å². The van der Waals surface area contributed by atoms with Crippen LogP contribution in [0, 0.1) is 13.8 Å². The smallest absolute Gasteiger partial charge is 0.106 e. The Labute approximate surface area is 122 Å². The Morgan fingerprint density at radius 3 is 2.79 bits per heavy atom. The van der Waals surface area contributed by atoms with E-state index in [4.69, 9.17) is 4.42 Å². The van der Waals surface area contributed by atoms with E-state index in [-0.39, 0.29) is 6.04 Å². The first-order valence-corrected chi connectivity index (χ1v) is 8.59. The fraction of sp³-hybridized carbons (Fsp3) is 0.467. The van der Waals surface area contributed by atoms with Crippen LogP contribution in [0.25, 0.3) is 0 Å². The van der Waals surface area contributed by atoms with E-state index in [9.17, 15) is 0 Å². The summed E-state index contributed by atoms with van der Waals surface area (Å²) in [6.45, 7) is 4.06. The lowest BCUT2D eigenvalue weighted by Crippen LogP contribution is -2.16. The minimum absolute atomic E-state index is 0.262. The van der Waals surface area contributed by atoms with Gasteiger partial charge in [-0.05, 0) is 50.8 Å². The maximum atomic E-state index is 5.68. The van der Waals surface area contributed by atoms with Crippen molar-refractivity contribution in [3.05, 3.63) is 44.5 Å². The molecule has 0 saturated heterocycles. The van der Waals surface area contributed by atoms with Crippen molar-refractivity contribution in [2.45, 2.75) is 32.1 Å². The highest BCUT2D eigenvalue weighted by atomic mass is 32.2. The lowest BCUT2D eigenvalue weighted by Gasteiger charge is -2.13. The molecular weight excluding hydrogens is 274 g/mol. The van der Waals surface area contributed by atoms with Gasteiger partial charge in [0.1, 0.15) is 11.5 Å². The van der Waals surface area contributed by atoms with Gasteiger partial charge in [-0.25, -0.2) is 0 Å². The maximum absolute atomic E-state index is 5.68. The van der Waals surface area contributed by atoms with E-state index in [0.717, 1.165) is 11.5 Å². The largest absolute Gasteiger partial charge is 0.466 e. The average molecular weight is 293 g/mol. The van der Waals surface area contributed by atoms with E-state index in [1.54, 1.807) is 4.88 Å². The first-order valence-electron chi connectivity index (χ1n) is 6.62. The van der Waals surface area contributed by atoms with Crippen molar-refractivity contribution in [1.82, 2.24) is 5.32 Å². The second-order valence-electron chi connectivity index (χ2n) is 4.99. The number of thioether (sulfide) groups is 1. The second kappa shape index (κ2) is 5.35. The van der Waals surface area contributed by atoms with Gasteiger partial charge >= 0.3 is 0 Å². The van der Waals surface area contributed by atoms with Crippen molar-refractivity contribution in [2.75, 3.05) is 12.8 Å².